The largest absolute Gasteiger partial charge is 0.312 e. The van der Waals surface area contributed by atoms with Crippen molar-refractivity contribution in [3.05, 3.63) is 53.3 Å². The fourth-order valence-corrected chi connectivity index (χ4v) is 3.33. The Kier molecular flexibility index (Phi) is 3.74. The summed E-state index contributed by atoms with van der Waals surface area (Å²) in [6, 6.07) is 12.0. The van der Waals surface area contributed by atoms with Gasteiger partial charge in [0.25, 0.3) is 5.91 Å². The molecule has 3 heterocycles. The highest BCUT2D eigenvalue weighted by Gasteiger charge is 2.49. The van der Waals surface area contributed by atoms with Crippen molar-refractivity contribution in [1.82, 2.24) is 20.0 Å². The maximum Gasteiger partial charge on any atom is 0.273 e. The molecule has 2 aliphatic heterocycles. The first-order valence-electron chi connectivity index (χ1n) is 7.88. The van der Waals surface area contributed by atoms with Crippen LogP contribution in [0.25, 0.3) is 0 Å². The number of amides is 1. The second-order valence-corrected chi connectivity index (χ2v) is 5.44. The number of rotatable bonds is 1. The van der Waals surface area contributed by atoms with Gasteiger partial charge in [0.15, 0.2) is 0 Å². The van der Waals surface area contributed by atoms with E-state index in [9.17, 15) is 4.79 Å². The molecule has 0 saturated carbocycles. The molecule has 0 bridgehead atoms. The van der Waals surface area contributed by atoms with Crippen molar-refractivity contribution in [2.75, 3.05) is 13.1 Å². The summed E-state index contributed by atoms with van der Waals surface area (Å²) in [5.41, 5.74) is 2.24. The predicted molar refractivity (Wildman–Crippen MR) is 85.5 cm³/mol. The van der Waals surface area contributed by atoms with Crippen LogP contribution in [-0.4, -0.2) is 33.7 Å². The molecular weight excluding hydrogens is 276 g/mol. The fourth-order valence-electron chi connectivity index (χ4n) is 3.33. The SMILES string of the molecule is CC.Cc1cc2n(n1)CC1(c3ccccc3)NCCN1C2=O. The molecule has 1 atom stereocenters. The number of fused-ring (bicyclic) bond motifs is 2. The number of aryl methyl sites for hydroxylation is 1. The summed E-state index contributed by atoms with van der Waals surface area (Å²) in [4.78, 5) is 14.7. The van der Waals surface area contributed by atoms with E-state index in [0.29, 0.717) is 12.2 Å². The van der Waals surface area contributed by atoms with E-state index in [0.717, 1.165) is 24.3 Å². The third kappa shape index (κ3) is 2.04. The van der Waals surface area contributed by atoms with Gasteiger partial charge in [0, 0.05) is 13.1 Å². The standard InChI is InChI=1S/C15H16N4O.C2H6/c1-11-9-13-14(20)18-8-7-16-15(18,10-19(13)17-11)12-5-3-2-4-6-12;1-2/h2-6,9,16H,7-8,10H2,1H3;1-2H3. The molecule has 2 aromatic rings. The highest BCUT2D eigenvalue weighted by molar-refractivity contribution is 5.94. The molecule has 1 fully saturated rings. The van der Waals surface area contributed by atoms with Gasteiger partial charge in [-0.15, -0.1) is 0 Å². The number of carbonyl (C=O) groups excluding carboxylic acids is 1. The number of carbonyl (C=O) groups is 1. The zero-order chi connectivity index (χ0) is 15.7. The zero-order valence-corrected chi connectivity index (χ0v) is 13.3. The first kappa shape index (κ1) is 14.8. The van der Waals surface area contributed by atoms with E-state index < -0.39 is 5.66 Å². The van der Waals surface area contributed by atoms with E-state index in [1.54, 1.807) is 0 Å². The Balaban J connectivity index is 0.000000693. The number of hydrogen-bond donors (Lipinski definition) is 1. The van der Waals surface area contributed by atoms with Gasteiger partial charge in [0.1, 0.15) is 11.4 Å². The molecule has 1 N–H and O–H groups in total. The van der Waals surface area contributed by atoms with Gasteiger partial charge in [-0.2, -0.15) is 5.10 Å². The van der Waals surface area contributed by atoms with Crippen LogP contribution < -0.4 is 5.32 Å². The average Bonchev–Trinajstić information content (AvgIpc) is 3.14. The minimum absolute atomic E-state index is 0.0608. The van der Waals surface area contributed by atoms with E-state index in [4.69, 9.17) is 0 Å². The van der Waals surface area contributed by atoms with E-state index in [1.165, 1.54) is 0 Å². The lowest BCUT2D eigenvalue weighted by Gasteiger charge is -2.42. The summed E-state index contributed by atoms with van der Waals surface area (Å²) in [5, 5.41) is 7.97. The molecule has 5 heteroatoms. The fraction of sp³-hybridized carbons (Fsp3) is 0.412. The Morgan fingerprint density at radius 1 is 1.23 bits per heavy atom. The molecule has 1 aromatic heterocycles. The number of benzene rings is 1. The average molecular weight is 298 g/mol. The zero-order valence-electron chi connectivity index (χ0n) is 13.3. The molecular formula is C17H22N4O. The number of nitrogens with zero attached hydrogens (tertiary/aromatic N) is 3. The van der Waals surface area contributed by atoms with Gasteiger partial charge in [0.05, 0.1) is 12.2 Å². The molecule has 1 aromatic carbocycles. The predicted octanol–water partition coefficient (Wildman–Crippen LogP) is 2.13. The molecule has 1 saturated heterocycles. The van der Waals surface area contributed by atoms with Crippen LogP contribution in [-0.2, 0) is 12.2 Å². The van der Waals surface area contributed by atoms with Crippen LogP contribution >= 0.6 is 0 Å². The molecule has 0 spiro atoms. The Hall–Kier alpha value is -2.14. The van der Waals surface area contributed by atoms with Gasteiger partial charge in [-0.05, 0) is 18.6 Å². The summed E-state index contributed by atoms with van der Waals surface area (Å²) in [5.74, 6) is 0.0608. The topological polar surface area (TPSA) is 50.2 Å². The van der Waals surface area contributed by atoms with Crippen LogP contribution in [0, 0.1) is 6.92 Å². The Morgan fingerprint density at radius 2 is 1.95 bits per heavy atom. The molecule has 2 aliphatic rings. The van der Waals surface area contributed by atoms with Gasteiger partial charge in [-0.25, -0.2) is 0 Å². The first-order chi connectivity index (χ1) is 10.7. The minimum Gasteiger partial charge on any atom is -0.312 e. The van der Waals surface area contributed by atoms with Crippen molar-refractivity contribution >= 4 is 5.91 Å². The van der Waals surface area contributed by atoms with Crippen molar-refractivity contribution in [3.63, 3.8) is 0 Å². The number of hydrogen-bond acceptors (Lipinski definition) is 3. The minimum atomic E-state index is -0.455. The third-order valence-electron chi connectivity index (χ3n) is 4.21. The summed E-state index contributed by atoms with van der Waals surface area (Å²) in [6.45, 7) is 8.13. The van der Waals surface area contributed by atoms with Gasteiger partial charge < -0.3 is 4.90 Å². The van der Waals surface area contributed by atoms with Gasteiger partial charge >= 0.3 is 0 Å². The number of aromatic nitrogens is 2. The molecule has 1 amide bonds. The lowest BCUT2D eigenvalue weighted by Crippen LogP contribution is -2.57. The second kappa shape index (κ2) is 5.57. The van der Waals surface area contributed by atoms with Gasteiger partial charge in [-0.1, -0.05) is 44.2 Å². The van der Waals surface area contributed by atoms with E-state index in [-0.39, 0.29) is 5.91 Å². The highest BCUT2D eigenvalue weighted by atomic mass is 16.2. The van der Waals surface area contributed by atoms with Crippen LogP contribution in [0.3, 0.4) is 0 Å². The maximum absolute atomic E-state index is 12.7. The Bertz CT molecular complexity index is 679. The molecule has 4 rings (SSSR count). The van der Waals surface area contributed by atoms with Crippen molar-refractivity contribution in [2.24, 2.45) is 0 Å². The highest BCUT2D eigenvalue weighted by Crippen LogP contribution is 2.36. The molecule has 0 aliphatic carbocycles. The van der Waals surface area contributed by atoms with E-state index in [2.05, 4.69) is 22.5 Å². The van der Waals surface area contributed by atoms with Crippen molar-refractivity contribution in [3.8, 4) is 0 Å². The van der Waals surface area contributed by atoms with Crippen LogP contribution in [0.15, 0.2) is 36.4 Å². The van der Waals surface area contributed by atoms with E-state index in [1.807, 2.05) is 54.6 Å². The Morgan fingerprint density at radius 3 is 2.68 bits per heavy atom. The maximum atomic E-state index is 12.7. The molecule has 116 valence electrons. The first-order valence-corrected chi connectivity index (χ1v) is 7.88. The summed E-state index contributed by atoms with van der Waals surface area (Å²) >= 11 is 0. The van der Waals surface area contributed by atoms with Gasteiger partial charge in [0.2, 0.25) is 0 Å². The summed E-state index contributed by atoms with van der Waals surface area (Å²) in [6.07, 6.45) is 0. The molecule has 1 unspecified atom stereocenters. The van der Waals surface area contributed by atoms with Crippen molar-refractivity contribution < 1.29 is 4.79 Å². The van der Waals surface area contributed by atoms with Crippen LogP contribution in [0.1, 0.15) is 35.6 Å². The van der Waals surface area contributed by atoms with Crippen LogP contribution in [0.5, 0.6) is 0 Å². The third-order valence-corrected chi connectivity index (χ3v) is 4.21. The smallest absolute Gasteiger partial charge is 0.273 e. The normalized spacial score (nSPS) is 22.7. The lowest BCUT2D eigenvalue weighted by molar-refractivity contribution is 0.0376. The summed E-state index contributed by atoms with van der Waals surface area (Å²) < 4.78 is 1.83. The van der Waals surface area contributed by atoms with Crippen molar-refractivity contribution in [2.45, 2.75) is 33.0 Å². The second-order valence-electron chi connectivity index (χ2n) is 5.44. The number of nitrogens with one attached hydrogen (secondary N) is 1. The Labute approximate surface area is 130 Å². The molecule has 0 radical (unpaired) electrons. The molecule has 5 nitrogen and oxygen atoms in total. The molecule has 22 heavy (non-hydrogen) atoms. The van der Waals surface area contributed by atoms with Crippen LogP contribution in [0.4, 0.5) is 0 Å². The quantitative estimate of drug-likeness (QED) is 0.877. The van der Waals surface area contributed by atoms with Crippen molar-refractivity contribution in [1.29, 1.82) is 0 Å². The monoisotopic (exact) mass is 298 g/mol. The lowest BCUT2D eigenvalue weighted by atomic mass is 9.96. The van der Waals surface area contributed by atoms with Gasteiger partial charge in [-0.3, -0.25) is 14.8 Å². The summed E-state index contributed by atoms with van der Waals surface area (Å²) in [7, 11) is 0. The van der Waals surface area contributed by atoms with E-state index >= 15 is 0 Å². The van der Waals surface area contributed by atoms with Crippen LogP contribution in [0.2, 0.25) is 0 Å².